The number of Topliss-reactive ketones (excluding diaryl/α,β-unsaturated/α-hetero) is 1. The Balaban J connectivity index is 1.92. The van der Waals surface area contributed by atoms with E-state index in [4.69, 9.17) is 9.47 Å². The summed E-state index contributed by atoms with van der Waals surface area (Å²) in [6.07, 6.45) is 1.59. The maximum atomic E-state index is 15.1. The van der Waals surface area contributed by atoms with Gasteiger partial charge in [0.2, 0.25) is 0 Å². The van der Waals surface area contributed by atoms with Gasteiger partial charge in [0.25, 0.3) is 5.78 Å². The van der Waals surface area contributed by atoms with Crippen molar-refractivity contribution in [3.8, 4) is 5.75 Å². The monoisotopic (exact) mass is 522 g/mol. The number of aromatic nitrogens is 1. The largest absolute Gasteiger partial charge is 0.507 e. The Morgan fingerprint density at radius 1 is 1.24 bits per heavy atom. The first kappa shape index (κ1) is 25.8. The third kappa shape index (κ3) is 4.63. The number of ketones is 1. The van der Waals surface area contributed by atoms with Crippen molar-refractivity contribution < 1.29 is 33.4 Å². The minimum Gasteiger partial charge on any atom is -0.507 e. The van der Waals surface area contributed by atoms with Crippen molar-refractivity contribution in [1.82, 2.24) is 4.98 Å². The van der Waals surface area contributed by atoms with Crippen molar-refractivity contribution in [2.45, 2.75) is 19.9 Å². The summed E-state index contributed by atoms with van der Waals surface area (Å²) in [5.74, 6) is -3.31. The second-order valence-corrected chi connectivity index (χ2v) is 9.15. The van der Waals surface area contributed by atoms with Crippen LogP contribution in [0.3, 0.4) is 0 Å². The first-order chi connectivity index (χ1) is 17.7. The fraction of sp³-hybridized carbons (Fsp3) is 0.185. The lowest BCUT2D eigenvalue weighted by molar-refractivity contribution is -0.132. The van der Waals surface area contributed by atoms with E-state index in [2.05, 4.69) is 11.6 Å². The van der Waals surface area contributed by atoms with Gasteiger partial charge in [0.15, 0.2) is 5.13 Å². The number of rotatable bonds is 7. The topological polar surface area (TPSA) is 106 Å². The van der Waals surface area contributed by atoms with Crippen molar-refractivity contribution in [2.24, 2.45) is 0 Å². The third-order valence-corrected chi connectivity index (χ3v) is 6.96. The van der Waals surface area contributed by atoms with Crippen LogP contribution in [0.15, 0.2) is 60.7 Å². The van der Waals surface area contributed by atoms with Gasteiger partial charge in [0.05, 0.1) is 18.4 Å². The van der Waals surface area contributed by atoms with Gasteiger partial charge in [-0.05, 0) is 43.7 Å². The van der Waals surface area contributed by atoms with Crippen LogP contribution >= 0.6 is 11.3 Å². The van der Waals surface area contributed by atoms with Crippen LogP contribution in [0.2, 0.25) is 0 Å². The SMILES string of the molecule is C=CCOc1ccc(C(O)=C2C(=O)C(=O)N(c3nc(C)c(C(=O)OC)s3)[C@@H]2c2ccccc2F)c(C)c1. The molecule has 0 aliphatic carbocycles. The summed E-state index contributed by atoms with van der Waals surface area (Å²) >= 11 is 0.838. The summed E-state index contributed by atoms with van der Waals surface area (Å²) in [6, 6.07) is 9.15. The van der Waals surface area contributed by atoms with E-state index >= 15 is 4.39 Å². The van der Waals surface area contributed by atoms with Crippen molar-refractivity contribution in [2.75, 3.05) is 18.6 Å². The molecule has 4 rings (SSSR count). The van der Waals surface area contributed by atoms with Gasteiger partial charge in [-0.1, -0.05) is 42.2 Å². The van der Waals surface area contributed by atoms with Crippen LogP contribution in [0, 0.1) is 19.7 Å². The number of amides is 1. The quantitative estimate of drug-likeness (QED) is 0.155. The van der Waals surface area contributed by atoms with Gasteiger partial charge < -0.3 is 14.6 Å². The molecule has 1 saturated heterocycles. The highest BCUT2D eigenvalue weighted by Crippen LogP contribution is 2.45. The van der Waals surface area contributed by atoms with E-state index in [0.29, 0.717) is 11.3 Å². The summed E-state index contributed by atoms with van der Waals surface area (Å²) < 4.78 is 25.4. The summed E-state index contributed by atoms with van der Waals surface area (Å²) in [4.78, 5) is 44.2. The number of thiazole rings is 1. The smallest absolute Gasteiger partial charge is 0.350 e. The maximum absolute atomic E-state index is 15.1. The number of hydrogen-bond donors (Lipinski definition) is 1. The number of ether oxygens (including phenoxy) is 2. The highest BCUT2D eigenvalue weighted by atomic mass is 32.1. The molecule has 0 radical (unpaired) electrons. The molecule has 0 saturated carbocycles. The fourth-order valence-electron chi connectivity index (χ4n) is 4.08. The molecule has 8 nitrogen and oxygen atoms in total. The Morgan fingerprint density at radius 3 is 2.62 bits per heavy atom. The molecule has 0 bridgehead atoms. The number of halogens is 1. The number of aliphatic hydroxyl groups is 1. The van der Waals surface area contributed by atoms with E-state index < -0.39 is 35.3 Å². The number of benzene rings is 2. The van der Waals surface area contributed by atoms with Crippen LogP contribution in [0.4, 0.5) is 9.52 Å². The molecule has 1 fully saturated rings. The minimum absolute atomic E-state index is 0.00259. The molecule has 2 heterocycles. The number of anilines is 1. The highest BCUT2D eigenvalue weighted by Gasteiger charge is 2.49. The molecule has 0 unspecified atom stereocenters. The van der Waals surface area contributed by atoms with Crippen LogP contribution < -0.4 is 9.64 Å². The van der Waals surface area contributed by atoms with Crippen LogP contribution in [0.5, 0.6) is 5.75 Å². The average molecular weight is 523 g/mol. The number of methoxy groups -OCH3 is 1. The molecule has 37 heavy (non-hydrogen) atoms. The summed E-state index contributed by atoms with van der Waals surface area (Å²) in [5.41, 5.74) is 0.809. The normalized spacial score (nSPS) is 16.6. The van der Waals surface area contributed by atoms with Gasteiger partial charge in [0.1, 0.15) is 34.9 Å². The number of carbonyl (C=O) groups excluding carboxylic acids is 3. The van der Waals surface area contributed by atoms with Gasteiger partial charge in [-0.15, -0.1) is 0 Å². The maximum Gasteiger partial charge on any atom is 0.350 e. The average Bonchev–Trinajstić information content (AvgIpc) is 3.38. The molecule has 190 valence electrons. The number of aliphatic hydroxyl groups excluding tert-OH is 1. The molecule has 1 aromatic heterocycles. The molecule has 1 aliphatic heterocycles. The second-order valence-electron chi connectivity index (χ2n) is 8.17. The van der Waals surface area contributed by atoms with Gasteiger partial charge in [0, 0.05) is 11.1 Å². The molecule has 1 aliphatic rings. The highest BCUT2D eigenvalue weighted by molar-refractivity contribution is 7.17. The lowest BCUT2D eigenvalue weighted by atomic mass is 9.93. The summed E-state index contributed by atoms with van der Waals surface area (Å²) in [7, 11) is 1.21. The van der Waals surface area contributed by atoms with Crippen LogP contribution in [-0.4, -0.2) is 41.5 Å². The molecule has 2 aromatic carbocycles. The van der Waals surface area contributed by atoms with Crippen LogP contribution in [0.25, 0.3) is 5.76 Å². The second kappa shape index (κ2) is 10.4. The Morgan fingerprint density at radius 2 is 1.97 bits per heavy atom. The molecular weight excluding hydrogens is 499 g/mol. The zero-order chi connectivity index (χ0) is 26.9. The third-order valence-electron chi connectivity index (χ3n) is 5.83. The molecule has 1 amide bonds. The molecular formula is C27H23FN2O6S. The number of nitrogens with zero attached hydrogens (tertiary/aromatic N) is 2. The first-order valence-corrected chi connectivity index (χ1v) is 12.0. The Bertz CT molecular complexity index is 1460. The number of aryl methyl sites for hydroxylation is 2. The van der Waals surface area contributed by atoms with E-state index in [1.807, 2.05) is 0 Å². The summed E-state index contributed by atoms with van der Waals surface area (Å²) in [5, 5.41) is 11.3. The van der Waals surface area contributed by atoms with Gasteiger partial charge in [-0.3, -0.25) is 14.5 Å². The Kier molecular flexibility index (Phi) is 7.21. The molecule has 10 heteroatoms. The molecule has 0 spiro atoms. The van der Waals surface area contributed by atoms with E-state index in [9.17, 15) is 19.5 Å². The van der Waals surface area contributed by atoms with Gasteiger partial charge in [-0.2, -0.15) is 0 Å². The standard InChI is InChI=1S/C27H23FN2O6S/c1-5-12-36-16-10-11-17(14(2)13-16)22(31)20-21(18-8-6-7-9-19(18)28)30(25(33)23(20)32)27-29-15(3)24(37-27)26(34)35-4/h5-11,13,21,31H,1,12H2,2-4H3/t21-/m1/s1. The fourth-order valence-corrected chi connectivity index (χ4v) is 5.09. The van der Waals surface area contributed by atoms with Crippen LogP contribution in [-0.2, 0) is 14.3 Å². The number of hydrogen-bond acceptors (Lipinski definition) is 8. The zero-order valence-corrected chi connectivity index (χ0v) is 21.1. The number of esters is 1. The van der Waals surface area contributed by atoms with E-state index in [0.717, 1.165) is 16.2 Å². The molecule has 1 N–H and O–H groups in total. The predicted octanol–water partition coefficient (Wildman–Crippen LogP) is 4.88. The lowest BCUT2D eigenvalue weighted by Gasteiger charge is -2.23. The number of carbonyl (C=O) groups is 3. The predicted molar refractivity (Wildman–Crippen MR) is 136 cm³/mol. The van der Waals surface area contributed by atoms with E-state index in [1.165, 1.54) is 25.3 Å². The molecule has 3 aromatic rings. The van der Waals surface area contributed by atoms with Crippen molar-refractivity contribution in [1.29, 1.82) is 0 Å². The zero-order valence-electron chi connectivity index (χ0n) is 20.3. The summed E-state index contributed by atoms with van der Waals surface area (Å²) in [6.45, 7) is 7.15. The van der Waals surface area contributed by atoms with Crippen molar-refractivity contribution in [3.05, 3.63) is 93.8 Å². The van der Waals surface area contributed by atoms with E-state index in [-0.39, 0.29) is 39.0 Å². The molecule has 1 atom stereocenters. The first-order valence-electron chi connectivity index (χ1n) is 11.2. The Hall–Kier alpha value is -4.31. The van der Waals surface area contributed by atoms with Gasteiger partial charge >= 0.3 is 11.9 Å². The van der Waals surface area contributed by atoms with E-state index in [1.54, 1.807) is 44.2 Å². The van der Waals surface area contributed by atoms with Crippen molar-refractivity contribution >= 4 is 39.9 Å². The minimum atomic E-state index is -1.33. The van der Waals surface area contributed by atoms with Gasteiger partial charge in [-0.25, -0.2) is 14.2 Å². The van der Waals surface area contributed by atoms with Crippen LogP contribution in [0.1, 0.15) is 38.1 Å². The lowest BCUT2D eigenvalue weighted by Crippen LogP contribution is -2.29. The Labute approximate surface area is 216 Å². The van der Waals surface area contributed by atoms with Crippen molar-refractivity contribution in [3.63, 3.8) is 0 Å².